The second-order valence-electron chi connectivity index (χ2n) is 2.71. The van der Waals surface area contributed by atoms with Crippen LogP contribution in [0.3, 0.4) is 0 Å². The molecule has 0 aliphatic carbocycles. The van der Waals surface area contributed by atoms with Crippen LogP contribution in [0.1, 0.15) is 19.3 Å². The van der Waals surface area contributed by atoms with Gasteiger partial charge in [0, 0.05) is 25.0 Å². The van der Waals surface area contributed by atoms with Gasteiger partial charge in [0.15, 0.2) is 18.7 Å². The normalized spacial score (nSPS) is 9.67. The number of hydrogen-bond donors (Lipinski definition) is 0. The molecule has 0 N–H and O–H groups in total. The number of aryl methyl sites for hydroxylation is 1. The average Bonchev–Trinajstić information content (AvgIpc) is 2.14. The molecule has 1 aromatic heterocycles. The van der Waals surface area contributed by atoms with Crippen molar-refractivity contribution in [1.29, 1.82) is 0 Å². The highest BCUT2D eigenvalue weighted by Gasteiger charge is 1.96. The summed E-state index contributed by atoms with van der Waals surface area (Å²) in [4.78, 5) is 9.88. The fourth-order valence-electron chi connectivity index (χ4n) is 1.07. The van der Waals surface area contributed by atoms with E-state index in [1.807, 2.05) is 36.9 Å². The zero-order chi connectivity index (χ0) is 8.65. The van der Waals surface area contributed by atoms with Crippen molar-refractivity contribution in [3.05, 3.63) is 30.6 Å². The molecule has 0 saturated carbocycles. The zero-order valence-electron chi connectivity index (χ0n) is 7.07. The lowest BCUT2D eigenvalue weighted by Gasteiger charge is -1.93. The lowest BCUT2D eigenvalue weighted by Crippen LogP contribution is -2.32. The highest BCUT2D eigenvalue weighted by molar-refractivity contribution is 5.49. The molecule has 0 aliphatic rings. The second-order valence-corrected chi connectivity index (χ2v) is 2.71. The number of aromatic nitrogens is 1. The number of carbonyl (C=O) groups excluding carboxylic acids is 1. The van der Waals surface area contributed by atoms with Gasteiger partial charge < -0.3 is 0 Å². The van der Waals surface area contributed by atoms with Gasteiger partial charge in [0.25, 0.3) is 0 Å². The quantitative estimate of drug-likeness (QED) is 0.473. The molecule has 2 heteroatoms. The third-order valence-corrected chi connectivity index (χ3v) is 1.72. The van der Waals surface area contributed by atoms with E-state index < -0.39 is 0 Å². The Morgan fingerprint density at radius 1 is 1.08 bits per heavy atom. The smallest absolute Gasteiger partial charge is 0.198 e. The molecule has 0 saturated heterocycles. The lowest BCUT2D eigenvalue weighted by atomic mass is 10.2. The first-order valence-corrected chi connectivity index (χ1v) is 4.22. The van der Waals surface area contributed by atoms with Crippen molar-refractivity contribution in [1.82, 2.24) is 0 Å². The molecule has 0 aromatic carbocycles. The van der Waals surface area contributed by atoms with Gasteiger partial charge in [-0.1, -0.05) is 6.07 Å². The molecule has 0 amide bonds. The maximum atomic E-state index is 9.88. The molecular formula is C10H13NO+. The first-order valence-electron chi connectivity index (χ1n) is 4.22. The van der Waals surface area contributed by atoms with Gasteiger partial charge in [0.2, 0.25) is 0 Å². The highest BCUT2D eigenvalue weighted by atomic mass is 16.1. The Morgan fingerprint density at radius 3 is 2.50 bits per heavy atom. The van der Waals surface area contributed by atoms with Crippen molar-refractivity contribution >= 4 is 6.29 Å². The predicted molar refractivity (Wildman–Crippen MR) is 46.2 cm³/mol. The van der Waals surface area contributed by atoms with Gasteiger partial charge >= 0.3 is 0 Å². The van der Waals surface area contributed by atoms with E-state index in [9.17, 15) is 4.79 Å². The van der Waals surface area contributed by atoms with Crippen LogP contribution in [0.15, 0.2) is 30.6 Å². The van der Waals surface area contributed by atoms with Gasteiger partial charge in [0.05, 0.1) is 0 Å². The number of nitrogens with zero attached hydrogens (tertiary/aromatic N) is 1. The molecule has 1 radical (unpaired) electrons. The highest BCUT2D eigenvalue weighted by Crippen LogP contribution is 1.91. The van der Waals surface area contributed by atoms with E-state index in [1.165, 1.54) is 0 Å². The van der Waals surface area contributed by atoms with E-state index in [4.69, 9.17) is 0 Å². The first kappa shape index (κ1) is 8.91. The SMILES string of the molecule is O=[C]CCCC[n+]1ccccc1. The van der Waals surface area contributed by atoms with Crippen LogP contribution < -0.4 is 4.57 Å². The molecule has 0 fully saturated rings. The van der Waals surface area contributed by atoms with Crippen LogP contribution >= 0.6 is 0 Å². The van der Waals surface area contributed by atoms with E-state index in [1.54, 1.807) is 0 Å². The van der Waals surface area contributed by atoms with Crippen LogP contribution in [0.25, 0.3) is 0 Å². The average molecular weight is 163 g/mol. The van der Waals surface area contributed by atoms with Crippen LogP contribution in [0.2, 0.25) is 0 Å². The monoisotopic (exact) mass is 163 g/mol. The summed E-state index contributed by atoms with van der Waals surface area (Å²) in [5.41, 5.74) is 0. The van der Waals surface area contributed by atoms with Gasteiger partial charge in [-0.15, -0.1) is 0 Å². The molecule has 2 nitrogen and oxygen atoms in total. The minimum Gasteiger partial charge on any atom is -0.291 e. The standard InChI is InChI=1S/C10H13NO/c12-10-6-2-5-9-11-7-3-1-4-8-11/h1,3-4,7-8H,2,5-6,9H2/q+1. The molecule has 63 valence electrons. The summed E-state index contributed by atoms with van der Waals surface area (Å²) in [6, 6.07) is 6.01. The third-order valence-electron chi connectivity index (χ3n) is 1.72. The van der Waals surface area contributed by atoms with Crippen LogP contribution in [0.4, 0.5) is 0 Å². The topological polar surface area (TPSA) is 20.9 Å². The molecule has 1 heterocycles. The van der Waals surface area contributed by atoms with Crippen molar-refractivity contribution in [2.24, 2.45) is 0 Å². The van der Waals surface area contributed by atoms with Gasteiger partial charge in [-0.2, -0.15) is 0 Å². The van der Waals surface area contributed by atoms with E-state index in [2.05, 4.69) is 4.57 Å². The van der Waals surface area contributed by atoms with Crippen LogP contribution in [-0.2, 0) is 11.3 Å². The second kappa shape index (κ2) is 5.47. The molecule has 1 aromatic rings. The maximum Gasteiger partial charge on any atom is 0.198 e. The molecule has 1 rings (SSSR count). The number of pyridine rings is 1. The van der Waals surface area contributed by atoms with Crippen molar-refractivity contribution < 1.29 is 9.36 Å². The van der Waals surface area contributed by atoms with E-state index >= 15 is 0 Å². The van der Waals surface area contributed by atoms with E-state index in [-0.39, 0.29) is 0 Å². The first-order chi connectivity index (χ1) is 5.93. The fourth-order valence-corrected chi connectivity index (χ4v) is 1.07. The zero-order valence-corrected chi connectivity index (χ0v) is 7.07. The summed E-state index contributed by atoms with van der Waals surface area (Å²) in [6.07, 6.45) is 8.50. The summed E-state index contributed by atoms with van der Waals surface area (Å²) >= 11 is 0. The third kappa shape index (κ3) is 3.28. The minimum absolute atomic E-state index is 0.563. The summed E-state index contributed by atoms with van der Waals surface area (Å²) in [5, 5.41) is 0. The van der Waals surface area contributed by atoms with Crippen LogP contribution in [0, 0.1) is 0 Å². The Labute approximate surface area is 72.8 Å². The summed E-state index contributed by atoms with van der Waals surface area (Å²) in [5.74, 6) is 0. The maximum absolute atomic E-state index is 9.88. The van der Waals surface area contributed by atoms with Crippen LogP contribution in [0.5, 0.6) is 0 Å². The summed E-state index contributed by atoms with van der Waals surface area (Å²) in [7, 11) is 0. The molecular weight excluding hydrogens is 150 g/mol. The Morgan fingerprint density at radius 2 is 1.83 bits per heavy atom. The van der Waals surface area contributed by atoms with Gasteiger partial charge in [-0.3, -0.25) is 4.79 Å². The van der Waals surface area contributed by atoms with Crippen molar-refractivity contribution in [2.45, 2.75) is 25.8 Å². The summed E-state index contributed by atoms with van der Waals surface area (Å²) < 4.78 is 2.12. The molecule has 0 atom stereocenters. The Balaban J connectivity index is 2.20. The van der Waals surface area contributed by atoms with Crippen molar-refractivity contribution in [2.75, 3.05) is 0 Å². The minimum atomic E-state index is 0.563. The fraction of sp³-hybridized carbons (Fsp3) is 0.400. The molecule has 0 spiro atoms. The van der Waals surface area contributed by atoms with E-state index in [0.29, 0.717) is 6.42 Å². The number of unbranched alkanes of at least 4 members (excludes halogenated alkanes) is 2. The molecule has 0 unspecified atom stereocenters. The Kier molecular flexibility index (Phi) is 4.06. The predicted octanol–water partition coefficient (Wildman–Crippen LogP) is 1.25. The van der Waals surface area contributed by atoms with Gasteiger partial charge in [-0.05, 0) is 6.42 Å². The van der Waals surface area contributed by atoms with Gasteiger partial charge in [0.1, 0.15) is 6.54 Å². The number of hydrogen-bond acceptors (Lipinski definition) is 1. The lowest BCUT2D eigenvalue weighted by molar-refractivity contribution is -0.697. The Hall–Kier alpha value is -1.18. The molecule has 0 aliphatic heterocycles. The number of rotatable bonds is 5. The molecule has 12 heavy (non-hydrogen) atoms. The Bertz CT molecular complexity index is 221. The van der Waals surface area contributed by atoms with E-state index in [0.717, 1.165) is 19.4 Å². The largest absolute Gasteiger partial charge is 0.291 e. The van der Waals surface area contributed by atoms with Crippen LogP contribution in [-0.4, -0.2) is 6.29 Å². The van der Waals surface area contributed by atoms with Gasteiger partial charge in [-0.25, -0.2) is 4.57 Å². The van der Waals surface area contributed by atoms with Crippen molar-refractivity contribution in [3.8, 4) is 0 Å². The summed E-state index contributed by atoms with van der Waals surface area (Å²) in [6.45, 7) is 0.989. The molecule has 0 bridgehead atoms. The van der Waals surface area contributed by atoms with Crippen molar-refractivity contribution in [3.63, 3.8) is 0 Å².